The van der Waals surface area contributed by atoms with Gasteiger partial charge >= 0.3 is 5.97 Å². The largest absolute Gasteiger partial charge is 0.465 e. The van der Waals surface area contributed by atoms with Crippen LogP contribution in [-0.2, 0) is 16.1 Å². The molecule has 0 aromatic carbocycles. The molecule has 13 heavy (non-hydrogen) atoms. The van der Waals surface area contributed by atoms with Crippen LogP contribution in [0.1, 0.15) is 6.92 Å². The van der Waals surface area contributed by atoms with Gasteiger partial charge in [-0.25, -0.2) is 4.68 Å². The Morgan fingerprint density at radius 3 is 2.85 bits per heavy atom. The first-order valence-corrected chi connectivity index (χ1v) is 4.43. The van der Waals surface area contributed by atoms with Crippen molar-refractivity contribution in [3.05, 3.63) is 16.4 Å². The molecule has 0 N–H and O–H groups in total. The topological polar surface area (TPSA) is 44.1 Å². The molecule has 0 radical (unpaired) electrons. The highest BCUT2D eigenvalue weighted by molar-refractivity contribution is 6.33. The van der Waals surface area contributed by atoms with Crippen LogP contribution in [0.25, 0.3) is 0 Å². The first-order chi connectivity index (χ1) is 6.13. The number of esters is 1. The Labute approximate surface area is 85.4 Å². The molecule has 0 aliphatic carbocycles. The summed E-state index contributed by atoms with van der Waals surface area (Å²) in [6.07, 6.45) is 0. The summed E-state index contributed by atoms with van der Waals surface area (Å²) in [6.45, 7) is 2.06. The van der Waals surface area contributed by atoms with Gasteiger partial charge < -0.3 is 4.74 Å². The fourth-order valence-electron chi connectivity index (χ4n) is 0.805. The number of carbonyl (C=O) groups excluding carboxylic acids is 1. The fraction of sp³-hybridized carbons (Fsp3) is 0.429. The maximum atomic E-state index is 11.0. The van der Waals surface area contributed by atoms with Crippen LogP contribution in [0.4, 0.5) is 0 Å². The summed E-state index contributed by atoms with van der Waals surface area (Å²) >= 11 is 11.3. The van der Waals surface area contributed by atoms with E-state index in [0.717, 1.165) is 0 Å². The molecule has 72 valence electrons. The van der Waals surface area contributed by atoms with Gasteiger partial charge in [0.05, 0.1) is 6.61 Å². The highest BCUT2D eigenvalue weighted by atomic mass is 35.5. The van der Waals surface area contributed by atoms with Gasteiger partial charge in [0, 0.05) is 6.07 Å². The SMILES string of the molecule is CCOC(=O)Cn1nc(Cl)cc1Cl. The maximum Gasteiger partial charge on any atom is 0.327 e. The van der Waals surface area contributed by atoms with Gasteiger partial charge in [-0.15, -0.1) is 0 Å². The average Bonchev–Trinajstić information content (AvgIpc) is 2.30. The third-order valence-electron chi connectivity index (χ3n) is 1.29. The summed E-state index contributed by atoms with van der Waals surface area (Å²) < 4.78 is 5.99. The number of nitrogens with zero attached hydrogens (tertiary/aromatic N) is 2. The molecule has 0 unspecified atom stereocenters. The van der Waals surface area contributed by atoms with Crippen LogP contribution in [0.5, 0.6) is 0 Å². The van der Waals surface area contributed by atoms with Gasteiger partial charge in [0.15, 0.2) is 5.15 Å². The molecule has 0 aliphatic rings. The number of carbonyl (C=O) groups is 1. The molecule has 0 amide bonds. The van der Waals surface area contributed by atoms with E-state index in [1.54, 1.807) is 6.92 Å². The average molecular weight is 223 g/mol. The summed E-state index contributed by atoms with van der Waals surface area (Å²) in [7, 11) is 0. The number of halogens is 2. The molecule has 0 atom stereocenters. The lowest BCUT2D eigenvalue weighted by molar-refractivity contribution is -0.144. The van der Waals surface area contributed by atoms with Gasteiger partial charge in [-0.3, -0.25) is 4.79 Å². The van der Waals surface area contributed by atoms with E-state index in [-0.39, 0.29) is 17.7 Å². The molecule has 0 spiro atoms. The molecule has 0 saturated carbocycles. The summed E-state index contributed by atoms with van der Waals surface area (Å²) in [4.78, 5) is 11.0. The number of ether oxygens (including phenoxy) is 1. The van der Waals surface area contributed by atoms with Crippen LogP contribution in [0.2, 0.25) is 10.3 Å². The third-order valence-corrected chi connectivity index (χ3v) is 1.77. The van der Waals surface area contributed by atoms with Crippen molar-refractivity contribution in [3.63, 3.8) is 0 Å². The van der Waals surface area contributed by atoms with Crippen molar-refractivity contribution < 1.29 is 9.53 Å². The molecule has 1 aromatic rings. The van der Waals surface area contributed by atoms with Gasteiger partial charge in [0.25, 0.3) is 0 Å². The van der Waals surface area contributed by atoms with Crippen LogP contribution in [0.3, 0.4) is 0 Å². The van der Waals surface area contributed by atoms with Crippen molar-refractivity contribution >= 4 is 29.2 Å². The molecule has 4 nitrogen and oxygen atoms in total. The second-order valence-corrected chi connectivity index (χ2v) is 3.03. The fourth-order valence-corrected chi connectivity index (χ4v) is 1.26. The van der Waals surface area contributed by atoms with Gasteiger partial charge in [-0.05, 0) is 6.92 Å². The van der Waals surface area contributed by atoms with Crippen LogP contribution in [0, 0.1) is 0 Å². The normalized spacial score (nSPS) is 10.1. The Bertz CT molecular complexity index is 311. The summed E-state index contributed by atoms with van der Waals surface area (Å²) in [5.74, 6) is -0.385. The van der Waals surface area contributed by atoms with E-state index in [2.05, 4.69) is 5.10 Å². The highest BCUT2D eigenvalue weighted by Crippen LogP contribution is 2.14. The van der Waals surface area contributed by atoms with Gasteiger partial charge in [-0.1, -0.05) is 23.2 Å². The lowest BCUT2D eigenvalue weighted by Crippen LogP contribution is -2.14. The standard InChI is InChI=1S/C7H8Cl2N2O2/c1-2-13-7(12)4-11-6(9)3-5(8)10-11/h3H,2,4H2,1H3. The van der Waals surface area contributed by atoms with E-state index in [1.807, 2.05) is 0 Å². The van der Waals surface area contributed by atoms with E-state index in [1.165, 1.54) is 10.7 Å². The second kappa shape index (κ2) is 4.48. The van der Waals surface area contributed by atoms with E-state index < -0.39 is 0 Å². The molecule has 1 heterocycles. The number of hydrogen-bond acceptors (Lipinski definition) is 3. The number of aromatic nitrogens is 2. The van der Waals surface area contributed by atoms with E-state index in [4.69, 9.17) is 27.9 Å². The molecule has 0 aliphatic heterocycles. The van der Waals surface area contributed by atoms with Crippen molar-refractivity contribution in [1.82, 2.24) is 9.78 Å². The van der Waals surface area contributed by atoms with Crippen molar-refractivity contribution in [3.8, 4) is 0 Å². The predicted octanol–water partition coefficient (Wildman–Crippen LogP) is 1.75. The Morgan fingerprint density at radius 2 is 2.38 bits per heavy atom. The molecule has 0 bridgehead atoms. The van der Waals surface area contributed by atoms with Crippen LogP contribution < -0.4 is 0 Å². The number of hydrogen-bond donors (Lipinski definition) is 0. The molecular weight excluding hydrogens is 215 g/mol. The molecule has 1 rings (SSSR count). The third kappa shape index (κ3) is 2.90. The Kier molecular flexibility index (Phi) is 3.57. The number of rotatable bonds is 3. The zero-order valence-electron chi connectivity index (χ0n) is 6.96. The molecule has 0 saturated heterocycles. The molecule has 1 aromatic heterocycles. The Hall–Kier alpha value is -0.740. The molecule has 0 fully saturated rings. The minimum Gasteiger partial charge on any atom is -0.465 e. The van der Waals surface area contributed by atoms with Crippen molar-refractivity contribution in [2.75, 3.05) is 6.61 Å². The van der Waals surface area contributed by atoms with Gasteiger partial charge in [0.1, 0.15) is 11.7 Å². The highest BCUT2D eigenvalue weighted by Gasteiger charge is 2.08. The molecular formula is C7H8Cl2N2O2. The smallest absolute Gasteiger partial charge is 0.327 e. The monoisotopic (exact) mass is 222 g/mol. The van der Waals surface area contributed by atoms with Crippen LogP contribution in [-0.4, -0.2) is 22.4 Å². The Morgan fingerprint density at radius 1 is 1.69 bits per heavy atom. The quantitative estimate of drug-likeness (QED) is 0.733. The molecule has 6 heteroatoms. The second-order valence-electron chi connectivity index (χ2n) is 2.25. The minimum absolute atomic E-state index is 0.0145. The summed E-state index contributed by atoms with van der Waals surface area (Å²) in [6, 6.07) is 1.46. The van der Waals surface area contributed by atoms with E-state index in [9.17, 15) is 4.79 Å². The first-order valence-electron chi connectivity index (χ1n) is 3.68. The zero-order chi connectivity index (χ0) is 9.84. The predicted molar refractivity (Wildman–Crippen MR) is 48.9 cm³/mol. The summed E-state index contributed by atoms with van der Waals surface area (Å²) in [5, 5.41) is 4.36. The van der Waals surface area contributed by atoms with Crippen molar-refractivity contribution in [2.24, 2.45) is 0 Å². The van der Waals surface area contributed by atoms with E-state index in [0.29, 0.717) is 11.8 Å². The van der Waals surface area contributed by atoms with E-state index >= 15 is 0 Å². The van der Waals surface area contributed by atoms with Gasteiger partial charge in [0.2, 0.25) is 0 Å². The lowest BCUT2D eigenvalue weighted by Gasteiger charge is -2.02. The lowest BCUT2D eigenvalue weighted by atomic mass is 10.6. The minimum atomic E-state index is -0.385. The first kappa shape index (κ1) is 10.3. The van der Waals surface area contributed by atoms with Crippen LogP contribution >= 0.6 is 23.2 Å². The van der Waals surface area contributed by atoms with Crippen molar-refractivity contribution in [2.45, 2.75) is 13.5 Å². The van der Waals surface area contributed by atoms with Gasteiger partial charge in [-0.2, -0.15) is 5.10 Å². The summed E-state index contributed by atoms with van der Waals surface area (Å²) in [5.41, 5.74) is 0. The maximum absolute atomic E-state index is 11.0. The zero-order valence-corrected chi connectivity index (χ0v) is 8.47. The van der Waals surface area contributed by atoms with Crippen LogP contribution in [0.15, 0.2) is 6.07 Å². The Balaban J connectivity index is 2.63. The van der Waals surface area contributed by atoms with Crippen molar-refractivity contribution in [1.29, 1.82) is 0 Å².